The van der Waals surface area contributed by atoms with E-state index in [1.165, 1.54) is 0 Å². The third kappa shape index (κ3) is 7.10. The lowest BCUT2D eigenvalue weighted by molar-refractivity contribution is -0.142. The normalized spacial score (nSPS) is 22.1. The van der Waals surface area contributed by atoms with Gasteiger partial charge in [-0.3, -0.25) is 4.79 Å². The Morgan fingerprint density at radius 3 is 2.52 bits per heavy atom. The number of aryl methyl sites for hydroxylation is 1. The highest BCUT2D eigenvalue weighted by atomic mass is 35.5. The molecule has 7 heteroatoms. The Balaban J connectivity index is 2.27. The van der Waals surface area contributed by atoms with E-state index in [-0.39, 0.29) is 48.3 Å². The fraction of sp³-hybridized carbons (Fsp3) is 0.692. The maximum absolute atomic E-state index is 12.9. The van der Waals surface area contributed by atoms with Gasteiger partial charge < -0.3 is 20.5 Å². The average Bonchev–Trinajstić information content (AvgIpc) is 2.96. The predicted octanol–water partition coefficient (Wildman–Crippen LogP) is 5.19. The molecular weight excluding hydrogens is 440 g/mol. The zero-order valence-electron chi connectivity index (χ0n) is 21.0. The van der Waals surface area contributed by atoms with Crippen LogP contribution in [0.15, 0.2) is 18.2 Å². The molecule has 0 radical (unpaired) electrons. The van der Waals surface area contributed by atoms with Crippen LogP contribution in [0.25, 0.3) is 0 Å². The molecule has 33 heavy (non-hydrogen) atoms. The molecule has 2 unspecified atom stereocenters. The number of halogens is 1. The summed E-state index contributed by atoms with van der Waals surface area (Å²) in [7, 11) is 0. The van der Waals surface area contributed by atoms with Crippen LogP contribution >= 0.6 is 11.6 Å². The zero-order valence-corrected chi connectivity index (χ0v) is 21.8. The van der Waals surface area contributed by atoms with E-state index in [4.69, 9.17) is 16.3 Å². The largest absolute Gasteiger partial charge is 0.466 e. The van der Waals surface area contributed by atoms with Crippen molar-refractivity contribution in [2.24, 2.45) is 16.7 Å². The van der Waals surface area contributed by atoms with Gasteiger partial charge in [-0.05, 0) is 60.6 Å². The molecule has 3 N–H and O–H groups in total. The van der Waals surface area contributed by atoms with Crippen molar-refractivity contribution in [3.8, 4) is 0 Å². The standard InChI is InChI=1S/C26H41ClN2O4/c1-7-33-22(31)11-15-28-23(32)29-26(14-13-25(5,6)21(26)17-30)19-9-8-18(20(27)16-19)10-12-24(2,3)4/h8-9,16,21,30H,7,10-15,17H2,1-6H3,(H2,28,29,32). The summed E-state index contributed by atoms with van der Waals surface area (Å²) in [4.78, 5) is 24.4. The smallest absolute Gasteiger partial charge is 0.315 e. The van der Waals surface area contributed by atoms with Crippen LogP contribution in [0.3, 0.4) is 0 Å². The SMILES string of the molecule is CCOC(=O)CCNC(=O)NC1(c2ccc(CCC(C)(C)C)c(Cl)c2)CCC(C)(C)C1CO. The molecule has 1 aliphatic rings. The van der Waals surface area contributed by atoms with Crippen LogP contribution in [0.1, 0.15) is 78.4 Å². The highest BCUT2D eigenvalue weighted by Gasteiger charge is 2.54. The van der Waals surface area contributed by atoms with Crippen LogP contribution < -0.4 is 10.6 Å². The van der Waals surface area contributed by atoms with Crippen molar-refractivity contribution >= 4 is 23.6 Å². The number of carbonyl (C=O) groups is 2. The maximum atomic E-state index is 12.9. The van der Waals surface area contributed by atoms with Gasteiger partial charge in [0, 0.05) is 24.1 Å². The summed E-state index contributed by atoms with van der Waals surface area (Å²) in [5.41, 5.74) is 1.28. The molecule has 0 aliphatic heterocycles. The number of hydrogen-bond acceptors (Lipinski definition) is 4. The summed E-state index contributed by atoms with van der Waals surface area (Å²) in [5.74, 6) is -0.530. The number of aliphatic hydroxyl groups is 1. The van der Waals surface area contributed by atoms with Gasteiger partial charge >= 0.3 is 12.0 Å². The average molecular weight is 481 g/mol. The van der Waals surface area contributed by atoms with Crippen LogP contribution in [0.4, 0.5) is 4.79 Å². The second-order valence-electron chi connectivity index (χ2n) is 11.0. The summed E-state index contributed by atoms with van der Waals surface area (Å²) < 4.78 is 4.91. The van der Waals surface area contributed by atoms with Gasteiger partial charge in [-0.1, -0.05) is 58.4 Å². The summed E-state index contributed by atoms with van der Waals surface area (Å²) >= 11 is 6.70. The maximum Gasteiger partial charge on any atom is 0.315 e. The zero-order chi connectivity index (χ0) is 24.9. The fourth-order valence-electron chi connectivity index (χ4n) is 4.80. The van der Waals surface area contributed by atoms with E-state index in [2.05, 4.69) is 45.3 Å². The van der Waals surface area contributed by atoms with E-state index in [1.54, 1.807) is 6.92 Å². The topological polar surface area (TPSA) is 87.7 Å². The Bertz CT molecular complexity index is 834. The quantitative estimate of drug-likeness (QED) is 0.424. The summed E-state index contributed by atoms with van der Waals surface area (Å²) in [6.45, 7) is 13.1. The second kappa shape index (κ2) is 11.1. The van der Waals surface area contributed by atoms with Crippen molar-refractivity contribution in [3.05, 3.63) is 34.3 Å². The molecule has 0 aromatic heterocycles. The number of urea groups is 1. The number of ether oxygens (including phenoxy) is 1. The van der Waals surface area contributed by atoms with Gasteiger partial charge in [0.25, 0.3) is 0 Å². The third-order valence-electron chi connectivity index (χ3n) is 6.85. The fourth-order valence-corrected chi connectivity index (χ4v) is 5.08. The van der Waals surface area contributed by atoms with E-state index < -0.39 is 5.54 Å². The minimum Gasteiger partial charge on any atom is -0.466 e. The summed E-state index contributed by atoms with van der Waals surface area (Å²) in [6.07, 6.45) is 3.55. The number of hydrogen-bond donors (Lipinski definition) is 3. The van der Waals surface area contributed by atoms with Crippen LogP contribution in [0.5, 0.6) is 0 Å². The molecule has 1 saturated carbocycles. The van der Waals surface area contributed by atoms with E-state index in [1.807, 2.05) is 18.2 Å². The highest BCUT2D eigenvalue weighted by molar-refractivity contribution is 6.31. The monoisotopic (exact) mass is 480 g/mol. The van der Waals surface area contributed by atoms with Crippen molar-refractivity contribution < 1.29 is 19.4 Å². The van der Waals surface area contributed by atoms with Crippen LogP contribution in [-0.2, 0) is 21.5 Å². The van der Waals surface area contributed by atoms with Crippen molar-refractivity contribution in [2.75, 3.05) is 19.8 Å². The van der Waals surface area contributed by atoms with Gasteiger partial charge in [-0.15, -0.1) is 0 Å². The molecule has 0 bridgehead atoms. The first-order chi connectivity index (χ1) is 15.3. The predicted molar refractivity (Wildman–Crippen MR) is 132 cm³/mol. The number of esters is 1. The number of benzene rings is 1. The van der Waals surface area contributed by atoms with E-state index in [0.29, 0.717) is 18.1 Å². The van der Waals surface area contributed by atoms with Gasteiger partial charge in [0.2, 0.25) is 0 Å². The van der Waals surface area contributed by atoms with Gasteiger partial charge in [0.15, 0.2) is 0 Å². The third-order valence-corrected chi connectivity index (χ3v) is 7.21. The van der Waals surface area contributed by atoms with E-state index in [9.17, 15) is 14.7 Å². The lowest BCUT2D eigenvalue weighted by Crippen LogP contribution is -2.54. The number of rotatable bonds is 9. The molecule has 1 aromatic carbocycles. The molecule has 2 amide bonds. The Morgan fingerprint density at radius 1 is 1.24 bits per heavy atom. The van der Waals surface area contributed by atoms with E-state index in [0.717, 1.165) is 30.4 Å². The van der Waals surface area contributed by atoms with Crippen molar-refractivity contribution in [2.45, 2.75) is 79.2 Å². The van der Waals surface area contributed by atoms with Gasteiger partial charge in [0.1, 0.15) is 0 Å². The van der Waals surface area contributed by atoms with Gasteiger partial charge in [-0.25, -0.2) is 4.79 Å². The summed E-state index contributed by atoms with van der Waals surface area (Å²) in [5, 5.41) is 16.9. The molecule has 0 saturated heterocycles. The molecule has 1 aromatic rings. The van der Waals surface area contributed by atoms with Crippen LogP contribution in [-0.4, -0.2) is 36.9 Å². The number of nitrogens with one attached hydrogen (secondary N) is 2. The minimum atomic E-state index is -0.752. The van der Waals surface area contributed by atoms with Crippen molar-refractivity contribution in [1.29, 1.82) is 0 Å². The van der Waals surface area contributed by atoms with Crippen molar-refractivity contribution in [1.82, 2.24) is 10.6 Å². The Labute approximate surface area is 203 Å². The van der Waals surface area contributed by atoms with Crippen LogP contribution in [0.2, 0.25) is 5.02 Å². The van der Waals surface area contributed by atoms with Crippen LogP contribution in [0, 0.1) is 16.7 Å². The lowest BCUT2D eigenvalue weighted by Gasteiger charge is -2.40. The minimum absolute atomic E-state index is 0.0561. The van der Waals surface area contributed by atoms with E-state index >= 15 is 0 Å². The molecule has 0 heterocycles. The Kier molecular flexibility index (Phi) is 9.23. The lowest BCUT2D eigenvalue weighted by atomic mass is 9.72. The first-order valence-electron chi connectivity index (χ1n) is 12.0. The van der Waals surface area contributed by atoms with Gasteiger partial charge in [0.05, 0.1) is 18.6 Å². The second-order valence-corrected chi connectivity index (χ2v) is 11.4. The molecule has 0 spiro atoms. The molecule has 6 nitrogen and oxygen atoms in total. The number of carbonyl (C=O) groups excluding carboxylic acids is 2. The Morgan fingerprint density at radius 2 is 1.94 bits per heavy atom. The first-order valence-corrected chi connectivity index (χ1v) is 12.3. The molecule has 1 aliphatic carbocycles. The molecule has 186 valence electrons. The Hall–Kier alpha value is -1.79. The van der Waals surface area contributed by atoms with Crippen molar-refractivity contribution in [3.63, 3.8) is 0 Å². The highest BCUT2D eigenvalue weighted by Crippen LogP contribution is 2.54. The first kappa shape index (κ1) is 27.5. The molecular formula is C26H41ClN2O4. The molecule has 2 rings (SSSR count). The molecule has 2 atom stereocenters. The molecule has 1 fully saturated rings. The summed E-state index contributed by atoms with van der Waals surface area (Å²) in [6, 6.07) is 5.66. The number of amides is 2. The van der Waals surface area contributed by atoms with Gasteiger partial charge in [-0.2, -0.15) is 0 Å². The number of aliphatic hydroxyl groups excluding tert-OH is 1.